The molecule has 150 valence electrons. The topological polar surface area (TPSA) is 118 Å². The Balaban J connectivity index is 2.19. The number of pyridine rings is 1. The van der Waals surface area contributed by atoms with Crippen molar-refractivity contribution < 1.29 is 13.3 Å². The Kier molecular flexibility index (Phi) is 6.81. The molecule has 0 atom stereocenters. The average Bonchev–Trinajstić information content (AvgIpc) is 2.67. The van der Waals surface area contributed by atoms with E-state index in [0.717, 1.165) is 0 Å². The van der Waals surface area contributed by atoms with Crippen LogP contribution in [0.3, 0.4) is 0 Å². The second-order valence-electron chi connectivity index (χ2n) is 6.04. The highest BCUT2D eigenvalue weighted by atomic mass is 32.2. The van der Waals surface area contributed by atoms with Crippen molar-refractivity contribution in [2.24, 2.45) is 5.10 Å². The number of hydrogen-bond acceptors (Lipinski definition) is 7. The maximum absolute atomic E-state index is 12.5. The van der Waals surface area contributed by atoms with E-state index in [0.29, 0.717) is 35.7 Å². The lowest BCUT2D eigenvalue weighted by molar-refractivity contribution is -0.385. The van der Waals surface area contributed by atoms with E-state index in [9.17, 15) is 18.5 Å². The van der Waals surface area contributed by atoms with Gasteiger partial charge in [-0.05, 0) is 26.0 Å². The van der Waals surface area contributed by atoms with Crippen molar-refractivity contribution in [2.75, 3.05) is 18.5 Å². The van der Waals surface area contributed by atoms with Gasteiger partial charge in [0.2, 0.25) is 10.0 Å². The maximum Gasteiger partial charge on any atom is 0.272 e. The lowest BCUT2D eigenvalue weighted by Crippen LogP contribution is -2.30. The SMILES string of the molecule is CCN(CC)S(=O)(=O)c1ccc(N/N=C(\C)c2ccc(C)c([N+](=O)[O-])c2)nc1. The third-order valence-corrected chi connectivity index (χ3v) is 6.27. The summed E-state index contributed by atoms with van der Waals surface area (Å²) in [4.78, 5) is 14.8. The van der Waals surface area contributed by atoms with Crippen molar-refractivity contribution in [3.63, 3.8) is 0 Å². The molecular weight excluding hydrogens is 382 g/mol. The van der Waals surface area contributed by atoms with Crippen LogP contribution in [0.1, 0.15) is 31.9 Å². The zero-order valence-electron chi connectivity index (χ0n) is 16.2. The monoisotopic (exact) mass is 405 g/mol. The quantitative estimate of drug-likeness (QED) is 0.409. The van der Waals surface area contributed by atoms with Crippen LogP contribution in [0.4, 0.5) is 11.5 Å². The van der Waals surface area contributed by atoms with Gasteiger partial charge in [-0.3, -0.25) is 15.5 Å². The first-order chi connectivity index (χ1) is 13.2. The van der Waals surface area contributed by atoms with Gasteiger partial charge in [-0.15, -0.1) is 0 Å². The Bertz CT molecular complexity index is 984. The van der Waals surface area contributed by atoms with Crippen molar-refractivity contribution in [1.29, 1.82) is 0 Å². The summed E-state index contributed by atoms with van der Waals surface area (Å²) >= 11 is 0. The Morgan fingerprint density at radius 3 is 2.46 bits per heavy atom. The molecule has 2 aromatic rings. The normalized spacial score (nSPS) is 12.2. The van der Waals surface area contributed by atoms with Crippen LogP contribution in [0.5, 0.6) is 0 Å². The summed E-state index contributed by atoms with van der Waals surface area (Å²) in [6.45, 7) is 7.69. The summed E-state index contributed by atoms with van der Waals surface area (Å²) in [5, 5.41) is 15.2. The molecule has 1 aromatic carbocycles. The molecule has 0 amide bonds. The third-order valence-electron chi connectivity index (χ3n) is 4.24. The minimum atomic E-state index is -3.57. The molecule has 1 N–H and O–H groups in total. The number of hydrogen-bond donors (Lipinski definition) is 1. The van der Waals surface area contributed by atoms with Crippen LogP contribution >= 0.6 is 0 Å². The van der Waals surface area contributed by atoms with E-state index in [-0.39, 0.29) is 10.6 Å². The van der Waals surface area contributed by atoms with E-state index < -0.39 is 14.9 Å². The Morgan fingerprint density at radius 2 is 1.93 bits per heavy atom. The van der Waals surface area contributed by atoms with Crippen LogP contribution in [0.15, 0.2) is 46.5 Å². The number of nitrogens with one attached hydrogen (secondary N) is 1. The number of aromatic nitrogens is 1. The summed E-state index contributed by atoms with van der Waals surface area (Å²) in [6.07, 6.45) is 1.28. The second kappa shape index (κ2) is 8.89. The maximum atomic E-state index is 12.5. The summed E-state index contributed by atoms with van der Waals surface area (Å²) < 4.78 is 26.3. The van der Waals surface area contributed by atoms with Gasteiger partial charge in [-0.1, -0.05) is 26.0 Å². The molecule has 28 heavy (non-hydrogen) atoms. The van der Waals surface area contributed by atoms with Crippen LogP contribution in [0.25, 0.3) is 0 Å². The fourth-order valence-electron chi connectivity index (χ4n) is 2.55. The fraction of sp³-hybridized carbons (Fsp3) is 0.333. The predicted octanol–water partition coefficient (Wildman–Crippen LogP) is 3.16. The average molecular weight is 405 g/mol. The van der Waals surface area contributed by atoms with Gasteiger partial charge in [0.1, 0.15) is 10.7 Å². The number of nitrogens with zero attached hydrogens (tertiary/aromatic N) is 4. The van der Waals surface area contributed by atoms with E-state index in [1.807, 2.05) is 0 Å². The summed E-state index contributed by atoms with van der Waals surface area (Å²) in [7, 11) is -3.57. The molecule has 10 heteroatoms. The molecule has 0 bridgehead atoms. The molecule has 0 aliphatic carbocycles. The Hall–Kier alpha value is -2.85. The zero-order chi connectivity index (χ0) is 20.9. The first kappa shape index (κ1) is 21.5. The van der Waals surface area contributed by atoms with E-state index in [2.05, 4.69) is 15.5 Å². The second-order valence-corrected chi connectivity index (χ2v) is 7.97. The predicted molar refractivity (Wildman–Crippen MR) is 108 cm³/mol. The largest absolute Gasteiger partial charge is 0.272 e. The molecule has 0 saturated carbocycles. The van der Waals surface area contributed by atoms with E-state index in [4.69, 9.17) is 0 Å². The van der Waals surface area contributed by atoms with Gasteiger partial charge in [0.25, 0.3) is 5.69 Å². The Labute approximate surface area is 164 Å². The van der Waals surface area contributed by atoms with E-state index >= 15 is 0 Å². The van der Waals surface area contributed by atoms with Crippen molar-refractivity contribution in [1.82, 2.24) is 9.29 Å². The van der Waals surface area contributed by atoms with Gasteiger partial charge in [-0.2, -0.15) is 9.41 Å². The van der Waals surface area contributed by atoms with Crippen LogP contribution in [-0.4, -0.2) is 41.4 Å². The van der Waals surface area contributed by atoms with Gasteiger partial charge < -0.3 is 0 Å². The van der Waals surface area contributed by atoms with Gasteiger partial charge in [-0.25, -0.2) is 13.4 Å². The number of aryl methyl sites for hydroxylation is 1. The summed E-state index contributed by atoms with van der Waals surface area (Å²) in [5.74, 6) is 0.361. The number of rotatable bonds is 8. The van der Waals surface area contributed by atoms with Crippen LogP contribution in [0.2, 0.25) is 0 Å². The number of benzene rings is 1. The Morgan fingerprint density at radius 1 is 1.25 bits per heavy atom. The minimum Gasteiger partial charge on any atom is -0.261 e. The number of nitro groups is 1. The minimum absolute atomic E-state index is 0.0242. The van der Waals surface area contributed by atoms with Crippen molar-refractivity contribution in [3.8, 4) is 0 Å². The molecule has 1 heterocycles. The lowest BCUT2D eigenvalue weighted by atomic mass is 10.1. The molecule has 0 radical (unpaired) electrons. The van der Waals surface area contributed by atoms with Crippen LogP contribution in [-0.2, 0) is 10.0 Å². The molecule has 0 unspecified atom stereocenters. The first-order valence-corrected chi connectivity index (χ1v) is 10.2. The number of sulfonamides is 1. The van der Waals surface area contributed by atoms with Crippen molar-refractivity contribution in [3.05, 3.63) is 57.8 Å². The smallest absolute Gasteiger partial charge is 0.261 e. The molecule has 0 fully saturated rings. The summed E-state index contributed by atoms with van der Waals surface area (Å²) in [5.41, 5.74) is 4.47. The number of anilines is 1. The van der Waals surface area contributed by atoms with Crippen LogP contribution < -0.4 is 5.43 Å². The molecule has 0 saturated heterocycles. The van der Waals surface area contributed by atoms with E-state index in [1.165, 1.54) is 28.7 Å². The van der Waals surface area contributed by atoms with Crippen molar-refractivity contribution in [2.45, 2.75) is 32.6 Å². The molecule has 0 aliphatic rings. The molecule has 2 rings (SSSR count). The number of hydrazone groups is 1. The van der Waals surface area contributed by atoms with Gasteiger partial charge >= 0.3 is 0 Å². The van der Waals surface area contributed by atoms with Crippen LogP contribution in [0, 0.1) is 17.0 Å². The highest BCUT2D eigenvalue weighted by Gasteiger charge is 2.21. The van der Waals surface area contributed by atoms with Gasteiger partial charge in [0, 0.05) is 36.5 Å². The highest BCUT2D eigenvalue weighted by molar-refractivity contribution is 7.89. The zero-order valence-corrected chi connectivity index (χ0v) is 17.0. The lowest BCUT2D eigenvalue weighted by Gasteiger charge is -2.18. The standard InChI is InChI=1S/C18H23N5O4S/c1-5-22(6-2)28(26,27)16-9-10-18(19-12-16)21-20-14(4)15-8-7-13(3)17(11-15)23(24)25/h7-12H,5-6H2,1-4H3,(H,19,21)/b20-14+. The molecule has 1 aromatic heterocycles. The van der Waals surface area contributed by atoms with Crippen molar-refractivity contribution >= 4 is 27.2 Å². The molecule has 0 aliphatic heterocycles. The first-order valence-electron chi connectivity index (χ1n) is 8.72. The van der Waals surface area contributed by atoms with Gasteiger partial charge in [0.15, 0.2) is 0 Å². The van der Waals surface area contributed by atoms with Gasteiger partial charge in [0.05, 0.1) is 10.6 Å². The molecule has 0 spiro atoms. The highest BCUT2D eigenvalue weighted by Crippen LogP contribution is 2.20. The fourth-order valence-corrected chi connectivity index (χ4v) is 3.95. The summed E-state index contributed by atoms with van der Waals surface area (Å²) in [6, 6.07) is 7.85. The number of nitro benzene ring substituents is 1. The molecule has 9 nitrogen and oxygen atoms in total. The van der Waals surface area contributed by atoms with E-state index in [1.54, 1.807) is 39.8 Å². The molecular formula is C18H23N5O4S. The third kappa shape index (κ3) is 4.70.